The lowest BCUT2D eigenvalue weighted by atomic mass is 9.66. The van der Waals surface area contributed by atoms with Gasteiger partial charge < -0.3 is 11.1 Å². The number of sulfonamides is 1. The van der Waals surface area contributed by atoms with Crippen LogP contribution in [0.1, 0.15) is 25.7 Å². The Hall–Kier alpha value is -1.44. The lowest BCUT2D eigenvalue weighted by molar-refractivity contribution is -0.119. The Morgan fingerprint density at radius 1 is 1.30 bits per heavy atom. The van der Waals surface area contributed by atoms with Crippen molar-refractivity contribution in [1.29, 1.82) is 0 Å². The second-order valence-corrected chi connectivity index (χ2v) is 6.85. The van der Waals surface area contributed by atoms with Gasteiger partial charge in [-0.3, -0.25) is 4.79 Å². The first-order valence-electron chi connectivity index (χ1n) is 6.48. The molecule has 0 radical (unpaired) electrons. The fraction of sp³-hybridized carbons (Fsp3) is 0.462. The Balaban J connectivity index is 2.13. The summed E-state index contributed by atoms with van der Waals surface area (Å²) in [5.74, 6) is -0.230. The highest BCUT2D eigenvalue weighted by atomic mass is 32.2. The van der Waals surface area contributed by atoms with Gasteiger partial charge in [0.1, 0.15) is 4.90 Å². The summed E-state index contributed by atoms with van der Waals surface area (Å²) in [4.78, 5) is 12.0. The molecule has 0 unspecified atom stereocenters. The number of primary sulfonamides is 1. The molecule has 1 aromatic carbocycles. The molecule has 0 heterocycles. The Morgan fingerprint density at radius 2 is 1.95 bits per heavy atom. The molecule has 2 rings (SSSR count). The van der Waals surface area contributed by atoms with E-state index < -0.39 is 10.0 Å². The van der Waals surface area contributed by atoms with E-state index in [-0.39, 0.29) is 21.9 Å². The average Bonchev–Trinajstić information content (AvgIpc) is 2.33. The lowest BCUT2D eigenvalue weighted by Gasteiger charge is -2.40. The Morgan fingerprint density at radius 3 is 2.45 bits per heavy atom. The van der Waals surface area contributed by atoms with Gasteiger partial charge in [-0.15, -0.1) is 0 Å². The molecule has 0 bridgehead atoms. The van der Waals surface area contributed by atoms with Crippen LogP contribution in [0.2, 0.25) is 0 Å². The molecule has 1 aliphatic rings. The monoisotopic (exact) mass is 297 g/mol. The maximum Gasteiger partial charge on any atom is 0.240 e. The zero-order valence-electron chi connectivity index (χ0n) is 11.1. The highest BCUT2D eigenvalue weighted by Gasteiger charge is 2.37. The van der Waals surface area contributed by atoms with Gasteiger partial charge in [-0.05, 0) is 36.9 Å². The van der Waals surface area contributed by atoms with Crippen molar-refractivity contribution < 1.29 is 13.2 Å². The molecule has 6 nitrogen and oxygen atoms in total. The molecular formula is C13H19N3O3S. The van der Waals surface area contributed by atoms with E-state index in [0.29, 0.717) is 13.0 Å². The summed E-state index contributed by atoms with van der Waals surface area (Å²) in [7, 11) is -3.86. The van der Waals surface area contributed by atoms with Crippen LogP contribution < -0.4 is 16.2 Å². The number of hydrogen-bond donors (Lipinski definition) is 3. The van der Waals surface area contributed by atoms with Crippen LogP contribution >= 0.6 is 0 Å². The summed E-state index contributed by atoms with van der Waals surface area (Å²) in [6.45, 7) is 0.469. The summed E-state index contributed by atoms with van der Waals surface area (Å²) in [5, 5.41) is 7.75. The first-order valence-corrected chi connectivity index (χ1v) is 8.03. The third-order valence-electron chi connectivity index (χ3n) is 3.85. The largest absolute Gasteiger partial charge is 0.330 e. The lowest BCUT2D eigenvalue weighted by Crippen LogP contribution is -2.40. The van der Waals surface area contributed by atoms with Crippen LogP contribution in [0, 0.1) is 5.41 Å². The number of anilines is 1. The van der Waals surface area contributed by atoms with E-state index in [1.165, 1.54) is 12.1 Å². The molecular weight excluding hydrogens is 278 g/mol. The molecule has 0 aromatic heterocycles. The highest BCUT2D eigenvalue weighted by molar-refractivity contribution is 7.89. The predicted molar refractivity (Wildman–Crippen MR) is 76.4 cm³/mol. The predicted octanol–water partition coefficient (Wildman–Crippen LogP) is 0.792. The van der Waals surface area contributed by atoms with E-state index >= 15 is 0 Å². The van der Waals surface area contributed by atoms with E-state index in [9.17, 15) is 13.2 Å². The van der Waals surface area contributed by atoms with Crippen molar-refractivity contribution >= 4 is 21.6 Å². The number of carbonyl (C=O) groups is 1. The molecule has 7 heteroatoms. The Labute approximate surface area is 118 Å². The number of para-hydroxylation sites is 1. The van der Waals surface area contributed by atoms with Gasteiger partial charge in [0.25, 0.3) is 0 Å². The van der Waals surface area contributed by atoms with Crippen molar-refractivity contribution in [3.05, 3.63) is 24.3 Å². The van der Waals surface area contributed by atoms with Crippen LogP contribution in [0.15, 0.2) is 29.2 Å². The number of hydrogen-bond acceptors (Lipinski definition) is 4. The van der Waals surface area contributed by atoms with Gasteiger partial charge in [0.15, 0.2) is 0 Å². The summed E-state index contributed by atoms with van der Waals surface area (Å²) in [5.41, 5.74) is 5.80. The quantitative estimate of drug-likeness (QED) is 0.745. The molecule has 1 saturated carbocycles. The number of benzene rings is 1. The second-order valence-electron chi connectivity index (χ2n) is 5.32. The minimum Gasteiger partial charge on any atom is -0.330 e. The molecule has 0 saturated heterocycles. The third kappa shape index (κ3) is 3.17. The fourth-order valence-corrected chi connectivity index (χ4v) is 3.18. The standard InChI is InChI=1S/C13H19N3O3S/c14-9-13(6-3-7-13)8-12(17)16-10-4-1-2-5-11(10)20(15,18)19/h1-2,4-5H,3,6-9,14H2,(H,16,17)(H2,15,18,19). The van der Waals surface area contributed by atoms with Crippen molar-refractivity contribution in [3.63, 3.8) is 0 Å². The van der Waals surface area contributed by atoms with Gasteiger partial charge in [0, 0.05) is 6.42 Å². The van der Waals surface area contributed by atoms with Crippen molar-refractivity contribution in [3.8, 4) is 0 Å². The van der Waals surface area contributed by atoms with Gasteiger partial charge in [-0.25, -0.2) is 13.6 Å². The molecule has 0 atom stereocenters. The van der Waals surface area contributed by atoms with Crippen LogP contribution in [-0.4, -0.2) is 20.9 Å². The van der Waals surface area contributed by atoms with Gasteiger partial charge >= 0.3 is 0 Å². The zero-order chi connectivity index (χ0) is 14.8. The zero-order valence-corrected chi connectivity index (χ0v) is 11.9. The van der Waals surface area contributed by atoms with Crippen molar-refractivity contribution in [2.75, 3.05) is 11.9 Å². The number of amides is 1. The minimum atomic E-state index is -3.86. The normalized spacial score (nSPS) is 17.3. The van der Waals surface area contributed by atoms with Crippen molar-refractivity contribution in [1.82, 2.24) is 0 Å². The summed E-state index contributed by atoms with van der Waals surface area (Å²) >= 11 is 0. The molecule has 1 amide bonds. The van der Waals surface area contributed by atoms with Crippen LogP contribution in [0.25, 0.3) is 0 Å². The fourth-order valence-electron chi connectivity index (χ4n) is 2.48. The minimum absolute atomic E-state index is 0.0799. The van der Waals surface area contributed by atoms with Crippen LogP contribution in [-0.2, 0) is 14.8 Å². The van der Waals surface area contributed by atoms with Crippen LogP contribution in [0.4, 0.5) is 5.69 Å². The summed E-state index contributed by atoms with van der Waals surface area (Å²) in [6.07, 6.45) is 3.27. The molecule has 20 heavy (non-hydrogen) atoms. The number of nitrogens with two attached hydrogens (primary N) is 2. The molecule has 5 N–H and O–H groups in total. The van der Waals surface area contributed by atoms with Gasteiger partial charge in [0.2, 0.25) is 15.9 Å². The molecule has 1 aliphatic carbocycles. The summed E-state index contributed by atoms with van der Waals surface area (Å²) < 4.78 is 22.9. The van der Waals surface area contributed by atoms with Crippen LogP contribution in [0.3, 0.4) is 0 Å². The SMILES string of the molecule is NCC1(CC(=O)Nc2ccccc2S(N)(=O)=O)CCC1. The number of carbonyl (C=O) groups excluding carboxylic acids is 1. The molecule has 0 aliphatic heterocycles. The van der Waals surface area contributed by atoms with Crippen LogP contribution in [0.5, 0.6) is 0 Å². The topological polar surface area (TPSA) is 115 Å². The molecule has 1 aromatic rings. The van der Waals surface area contributed by atoms with Gasteiger partial charge in [-0.2, -0.15) is 0 Å². The first kappa shape index (κ1) is 15.0. The smallest absolute Gasteiger partial charge is 0.240 e. The van der Waals surface area contributed by atoms with E-state index in [0.717, 1.165) is 19.3 Å². The molecule has 0 spiro atoms. The van der Waals surface area contributed by atoms with Crippen molar-refractivity contribution in [2.24, 2.45) is 16.3 Å². The van der Waals surface area contributed by atoms with E-state index in [4.69, 9.17) is 10.9 Å². The number of rotatable bonds is 5. The van der Waals surface area contributed by atoms with Gasteiger partial charge in [0.05, 0.1) is 5.69 Å². The van der Waals surface area contributed by atoms with Gasteiger partial charge in [-0.1, -0.05) is 18.6 Å². The Bertz CT molecular complexity index is 604. The number of nitrogens with one attached hydrogen (secondary N) is 1. The highest BCUT2D eigenvalue weighted by Crippen LogP contribution is 2.43. The Kier molecular flexibility index (Phi) is 4.12. The van der Waals surface area contributed by atoms with Crippen molar-refractivity contribution in [2.45, 2.75) is 30.6 Å². The maximum atomic E-state index is 12.1. The van der Waals surface area contributed by atoms with E-state index in [2.05, 4.69) is 5.32 Å². The van der Waals surface area contributed by atoms with E-state index in [1.807, 2.05) is 0 Å². The average molecular weight is 297 g/mol. The van der Waals surface area contributed by atoms with E-state index in [1.54, 1.807) is 12.1 Å². The summed E-state index contributed by atoms with van der Waals surface area (Å²) in [6, 6.07) is 6.09. The first-order chi connectivity index (χ1) is 9.36. The maximum absolute atomic E-state index is 12.1. The third-order valence-corrected chi connectivity index (χ3v) is 4.82. The molecule has 110 valence electrons. The molecule has 1 fully saturated rings. The second kappa shape index (κ2) is 5.51.